The van der Waals surface area contributed by atoms with E-state index in [1.165, 1.54) is 4.57 Å². The van der Waals surface area contributed by atoms with Gasteiger partial charge in [0, 0.05) is 24.2 Å². The predicted octanol–water partition coefficient (Wildman–Crippen LogP) is 3.35. The smallest absolute Gasteiger partial charge is 0.267 e. The normalized spacial score (nSPS) is 11.7. The topological polar surface area (TPSA) is 123 Å². The Bertz CT molecular complexity index is 1960. The van der Waals surface area contributed by atoms with Crippen molar-refractivity contribution in [2.24, 2.45) is 0 Å². The van der Waals surface area contributed by atoms with E-state index in [4.69, 9.17) is 4.98 Å². The van der Waals surface area contributed by atoms with Crippen LogP contribution in [0.2, 0.25) is 0 Å². The summed E-state index contributed by atoms with van der Waals surface area (Å²) < 4.78 is 3.09. The molecule has 39 heavy (non-hydrogen) atoms. The molecule has 0 spiro atoms. The van der Waals surface area contributed by atoms with Crippen molar-refractivity contribution in [2.45, 2.75) is 19.9 Å². The second kappa shape index (κ2) is 9.72. The maximum absolute atomic E-state index is 14.1. The zero-order valence-electron chi connectivity index (χ0n) is 21.1. The molecule has 0 fully saturated rings. The molecule has 4 aromatic heterocycles. The van der Waals surface area contributed by atoms with Gasteiger partial charge in [0.15, 0.2) is 5.65 Å². The molecule has 190 valence electrons. The molecule has 0 aliphatic carbocycles. The van der Waals surface area contributed by atoms with Crippen LogP contribution in [0.5, 0.6) is 0 Å². The lowest BCUT2D eigenvalue weighted by molar-refractivity contribution is 0.0938. The molecule has 0 radical (unpaired) electrons. The Balaban J connectivity index is 1.48. The maximum atomic E-state index is 14.1. The first kappa shape index (κ1) is 23.8. The minimum atomic E-state index is -0.631. The number of para-hydroxylation sites is 1. The van der Waals surface area contributed by atoms with Gasteiger partial charge >= 0.3 is 0 Å². The lowest BCUT2D eigenvalue weighted by Gasteiger charge is -2.20. The van der Waals surface area contributed by atoms with E-state index in [2.05, 4.69) is 37.4 Å². The molecule has 0 aliphatic heterocycles. The summed E-state index contributed by atoms with van der Waals surface area (Å²) in [6, 6.07) is 15.7. The van der Waals surface area contributed by atoms with Gasteiger partial charge < -0.3 is 5.32 Å². The van der Waals surface area contributed by atoms with Gasteiger partial charge in [-0.15, -0.1) is 0 Å². The number of aromatic amines is 1. The van der Waals surface area contributed by atoms with Crippen LogP contribution in [0.3, 0.4) is 0 Å². The summed E-state index contributed by atoms with van der Waals surface area (Å²) in [6.45, 7) is 3.55. The number of fused-ring (bicyclic) bond motifs is 2. The number of aromatic nitrogens is 7. The molecule has 6 rings (SSSR count). The Morgan fingerprint density at radius 1 is 1.08 bits per heavy atom. The van der Waals surface area contributed by atoms with E-state index >= 15 is 0 Å². The predicted molar refractivity (Wildman–Crippen MR) is 146 cm³/mol. The average Bonchev–Trinajstić information content (AvgIpc) is 3.59. The number of carbonyl (C=O) groups is 1. The van der Waals surface area contributed by atoms with Crippen molar-refractivity contribution in [3.63, 3.8) is 0 Å². The SMILES string of the molecule is Cc1nn2cccnc2c1C(=O)NC(C)c1nc2cccc(C#Cc3cn[nH]c3)c2c(=O)n1-c1ccccc1. The number of benzene rings is 2. The summed E-state index contributed by atoms with van der Waals surface area (Å²) in [5.41, 5.74) is 3.44. The molecule has 0 aliphatic rings. The number of nitrogens with zero attached hydrogens (tertiary/aromatic N) is 6. The third-order valence-electron chi connectivity index (χ3n) is 6.31. The third-order valence-corrected chi connectivity index (χ3v) is 6.31. The largest absolute Gasteiger partial charge is 0.342 e. The van der Waals surface area contributed by atoms with Crippen molar-refractivity contribution in [3.05, 3.63) is 118 Å². The van der Waals surface area contributed by atoms with E-state index in [0.717, 1.165) is 0 Å². The summed E-state index contributed by atoms with van der Waals surface area (Å²) in [7, 11) is 0. The molecule has 2 N–H and O–H groups in total. The van der Waals surface area contributed by atoms with Crippen molar-refractivity contribution < 1.29 is 4.79 Å². The van der Waals surface area contributed by atoms with E-state index in [0.29, 0.717) is 50.4 Å². The lowest BCUT2D eigenvalue weighted by atomic mass is 10.1. The monoisotopic (exact) mass is 514 g/mol. The van der Waals surface area contributed by atoms with Gasteiger partial charge in [-0.05, 0) is 44.2 Å². The summed E-state index contributed by atoms with van der Waals surface area (Å²) in [4.78, 5) is 36.7. The summed E-state index contributed by atoms with van der Waals surface area (Å²) >= 11 is 0. The fourth-order valence-corrected chi connectivity index (χ4v) is 4.52. The van der Waals surface area contributed by atoms with Crippen LogP contribution in [0.25, 0.3) is 22.2 Å². The number of nitrogens with one attached hydrogen (secondary N) is 2. The van der Waals surface area contributed by atoms with Crippen molar-refractivity contribution in [1.82, 2.24) is 39.7 Å². The van der Waals surface area contributed by atoms with Gasteiger partial charge in [-0.2, -0.15) is 10.2 Å². The highest BCUT2D eigenvalue weighted by Crippen LogP contribution is 2.21. The Morgan fingerprint density at radius 2 is 1.92 bits per heavy atom. The van der Waals surface area contributed by atoms with Crippen LogP contribution in [0.1, 0.15) is 46.0 Å². The van der Waals surface area contributed by atoms with Gasteiger partial charge in [0.1, 0.15) is 11.4 Å². The molecule has 1 atom stereocenters. The molecular formula is C29H22N8O2. The molecule has 6 aromatic rings. The second-order valence-corrected chi connectivity index (χ2v) is 8.93. The van der Waals surface area contributed by atoms with Crippen LogP contribution in [-0.4, -0.2) is 40.3 Å². The van der Waals surface area contributed by atoms with Crippen molar-refractivity contribution in [2.75, 3.05) is 0 Å². The molecule has 0 saturated heterocycles. The first-order valence-corrected chi connectivity index (χ1v) is 12.2. The number of carbonyl (C=O) groups excluding carboxylic acids is 1. The zero-order valence-corrected chi connectivity index (χ0v) is 21.1. The molecule has 10 nitrogen and oxygen atoms in total. The van der Waals surface area contributed by atoms with Gasteiger partial charge in [-0.3, -0.25) is 19.3 Å². The number of rotatable bonds is 4. The van der Waals surface area contributed by atoms with Gasteiger partial charge in [-0.1, -0.05) is 36.1 Å². The van der Waals surface area contributed by atoms with Crippen LogP contribution in [0, 0.1) is 18.8 Å². The number of H-pyrrole nitrogens is 1. The maximum Gasteiger partial charge on any atom is 0.267 e. The first-order valence-electron chi connectivity index (χ1n) is 12.2. The summed E-state index contributed by atoms with van der Waals surface area (Å²) in [5.74, 6) is 6.14. The standard InChI is InChI=1S/C29H22N8O2/c1-18-24(27-30-14-7-15-36(27)35-18)28(38)33-19(2)26-34-23-11-6-8-21(13-12-20-16-31-32-17-20)25(23)29(39)37(26)22-9-4-3-5-10-22/h3-11,14-17,19H,1-2H3,(H,31,32)(H,33,38). The van der Waals surface area contributed by atoms with E-state index in [1.54, 1.807) is 61.3 Å². The van der Waals surface area contributed by atoms with Gasteiger partial charge in [0.25, 0.3) is 11.5 Å². The van der Waals surface area contributed by atoms with E-state index in [9.17, 15) is 9.59 Å². The minimum Gasteiger partial charge on any atom is -0.342 e. The second-order valence-electron chi connectivity index (χ2n) is 8.93. The van der Waals surface area contributed by atoms with Gasteiger partial charge in [0.05, 0.1) is 40.1 Å². The Labute approximate surface area is 222 Å². The van der Waals surface area contributed by atoms with Gasteiger partial charge in [-0.25, -0.2) is 14.5 Å². The molecule has 2 aromatic carbocycles. The molecule has 10 heteroatoms. The van der Waals surface area contributed by atoms with Crippen LogP contribution in [0.15, 0.2) is 84.2 Å². The van der Waals surface area contributed by atoms with Crippen LogP contribution < -0.4 is 10.9 Å². The highest BCUT2D eigenvalue weighted by molar-refractivity contribution is 6.01. The number of aryl methyl sites for hydroxylation is 1. The van der Waals surface area contributed by atoms with Crippen LogP contribution in [-0.2, 0) is 0 Å². The molecule has 1 unspecified atom stereocenters. The average molecular weight is 515 g/mol. The van der Waals surface area contributed by atoms with Gasteiger partial charge in [0.2, 0.25) is 0 Å². The summed E-state index contributed by atoms with van der Waals surface area (Å²) in [6.07, 6.45) is 6.65. The number of hydrogen-bond acceptors (Lipinski definition) is 6. The minimum absolute atomic E-state index is 0.284. The first-order chi connectivity index (χ1) is 19.0. The summed E-state index contributed by atoms with van der Waals surface area (Å²) in [5, 5.41) is 14.4. The van der Waals surface area contributed by atoms with Crippen molar-refractivity contribution in [1.29, 1.82) is 0 Å². The van der Waals surface area contributed by atoms with E-state index in [1.807, 2.05) is 36.4 Å². The molecular weight excluding hydrogens is 492 g/mol. The zero-order chi connectivity index (χ0) is 26.9. The fraction of sp³-hybridized carbons (Fsp3) is 0.103. The van der Waals surface area contributed by atoms with E-state index in [-0.39, 0.29) is 11.5 Å². The molecule has 4 heterocycles. The van der Waals surface area contributed by atoms with Crippen molar-refractivity contribution in [3.8, 4) is 17.5 Å². The molecule has 0 saturated carbocycles. The van der Waals surface area contributed by atoms with E-state index < -0.39 is 6.04 Å². The molecule has 1 amide bonds. The Morgan fingerprint density at radius 3 is 2.72 bits per heavy atom. The van der Waals surface area contributed by atoms with Crippen molar-refractivity contribution >= 4 is 22.5 Å². The Hall–Kier alpha value is -5.56. The Kier molecular flexibility index (Phi) is 5.93. The molecule has 0 bridgehead atoms. The highest BCUT2D eigenvalue weighted by atomic mass is 16.2. The number of amides is 1. The van der Waals surface area contributed by atoms with Crippen LogP contribution in [0.4, 0.5) is 0 Å². The quantitative estimate of drug-likeness (QED) is 0.348. The lowest BCUT2D eigenvalue weighted by Crippen LogP contribution is -2.33. The highest BCUT2D eigenvalue weighted by Gasteiger charge is 2.24. The third kappa shape index (κ3) is 4.32. The fourth-order valence-electron chi connectivity index (χ4n) is 4.52. The van der Waals surface area contributed by atoms with Crippen LogP contribution >= 0.6 is 0 Å². The number of hydrogen-bond donors (Lipinski definition) is 2.